The van der Waals surface area contributed by atoms with E-state index in [1.165, 1.54) is 5.56 Å². The average molecular weight is 320 g/mol. The van der Waals surface area contributed by atoms with Crippen molar-refractivity contribution in [1.82, 2.24) is 20.3 Å². The number of hydrogen-bond acceptors (Lipinski definition) is 3. The number of carbonyl (C=O) groups is 1. The average Bonchev–Trinajstić information content (AvgIpc) is 2.82. The number of aromatic nitrogens is 3. The van der Waals surface area contributed by atoms with Crippen LogP contribution >= 0.6 is 0 Å². The van der Waals surface area contributed by atoms with Crippen LogP contribution in [0.2, 0.25) is 0 Å². The first-order valence-electron chi connectivity index (χ1n) is 8.39. The third kappa shape index (κ3) is 2.89. The number of H-pyrrole nitrogens is 1. The maximum absolute atomic E-state index is 12.6. The van der Waals surface area contributed by atoms with Crippen LogP contribution in [0.3, 0.4) is 0 Å². The molecule has 1 aliphatic carbocycles. The molecule has 2 aromatic heterocycles. The van der Waals surface area contributed by atoms with Crippen LogP contribution < -0.4 is 5.32 Å². The number of imidazole rings is 1. The zero-order valence-electron chi connectivity index (χ0n) is 13.7. The smallest absolute Gasteiger partial charge is 0.251 e. The molecule has 1 unspecified atom stereocenters. The molecule has 3 aromatic rings. The standard InChI is InChI=1S/C19H20N4O/c1-12-21-16-8-7-14(10-18(16)22-12)19(24)23-15-6-2-4-13-5-3-9-20-17(13)11-15/h3,5,7-10,15H,2,4,6,11H2,1H3,(H,21,22)(H,23,24). The Bertz CT molecular complexity index is 899. The molecule has 0 spiro atoms. The molecule has 1 aliphatic rings. The number of nitrogens with one attached hydrogen (secondary N) is 2. The summed E-state index contributed by atoms with van der Waals surface area (Å²) in [6.07, 6.45) is 5.72. The Morgan fingerprint density at radius 3 is 3.17 bits per heavy atom. The van der Waals surface area contributed by atoms with Crippen molar-refractivity contribution in [2.75, 3.05) is 0 Å². The number of pyridine rings is 1. The summed E-state index contributed by atoms with van der Waals surface area (Å²) in [6.45, 7) is 1.91. The molecule has 1 atom stereocenters. The predicted octanol–water partition coefficient (Wildman–Crippen LogP) is 2.94. The van der Waals surface area contributed by atoms with Crippen molar-refractivity contribution in [3.8, 4) is 0 Å². The molecule has 5 nitrogen and oxygen atoms in total. The highest BCUT2D eigenvalue weighted by molar-refractivity contribution is 5.97. The number of fused-ring (bicyclic) bond motifs is 2. The van der Waals surface area contributed by atoms with Gasteiger partial charge in [0.25, 0.3) is 5.91 Å². The zero-order valence-corrected chi connectivity index (χ0v) is 13.7. The molecule has 5 heteroatoms. The Labute approximate surface area is 140 Å². The Morgan fingerprint density at radius 2 is 2.25 bits per heavy atom. The van der Waals surface area contributed by atoms with Crippen molar-refractivity contribution in [2.24, 2.45) is 0 Å². The van der Waals surface area contributed by atoms with E-state index in [9.17, 15) is 4.79 Å². The normalized spacial score (nSPS) is 17.3. The summed E-state index contributed by atoms with van der Waals surface area (Å²) in [5.41, 5.74) is 4.87. The van der Waals surface area contributed by atoms with Crippen molar-refractivity contribution < 1.29 is 4.79 Å². The van der Waals surface area contributed by atoms with Crippen molar-refractivity contribution in [3.05, 3.63) is 59.2 Å². The SMILES string of the molecule is Cc1nc2ccc(C(=O)NC3CCCc4cccnc4C3)cc2[nH]1. The summed E-state index contributed by atoms with van der Waals surface area (Å²) >= 11 is 0. The first kappa shape index (κ1) is 14.9. The van der Waals surface area contributed by atoms with Gasteiger partial charge in [0.05, 0.1) is 11.0 Å². The summed E-state index contributed by atoms with van der Waals surface area (Å²) in [7, 11) is 0. The van der Waals surface area contributed by atoms with E-state index in [0.717, 1.165) is 48.2 Å². The third-order valence-corrected chi connectivity index (χ3v) is 4.62. The van der Waals surface area contributed by atoms with Crippen LogP contribution in [0.1, 0.15) is 40.3 Å². The molecule has 1 amide bonds. The van der Waals surface area contributed by atoms with Gasteiger partial charge in [-0.2, -0.15) is 0 Å². The largest absolute Gasteiger partial charge is 0.349 e. The van der Waals surface area contributed by atoms with Gasteiger partial charge in [0.1, 0.15) is 5.82 Å². The minimum Gasteiger partial charge on any atom is -0.349 e. The molecular formula is C19H20N4O. The van der Waals surface area contributed by atoms with Crippen molar-refractivity contribution >= 4 is 16.9 Å². The fourth-order valence-corrected chi connectivity index (χ4v) is 3.43. The number of rotatable bonds is 2. The summed E-state index contributed by atoms with van der Waals surface area (Å²) in [4.78, 5) is 24.7. The summed E-state index contributed by atoms with van der Waals surface area (Å²) in [5.74, 6) is 0.822. The molecule has 0 bridgehead atoms. The van der Waals surface area contributed by atoms with Crippen LogP contribution in [0.5, 0.6) is 0 Å². The summed E-state index contributed by atoms with van der Waals surface area (Å²) < 4.78 is 0. The van der Waals surface area contributed by atoms with Crippen LogP contribution in [-0.2, 0) is 12.8 Å². The lowest BCUT2D eigenvalue weighted by molar-refractivity contribution is 0.0935. The van der Waals surface area contributed by atoms with Gasteiger partial charge >= 0.3 is 0 Å². The Morgan fingerprint density at radius 1 is 1.33 bits per heavy atom. The number of benzene rings is 1. The molecular weight excluding hydrogens is 300 g/mol. The lowest BCUT2D eigenvalue weighted by Gasteiger charge is -2.16. The second-order valence-corrected chi connectivity index (χ2v) is 6.43. The Balaban J connectivity index is 1.52. The second kappa shape index (κ2) is 6.07. The summed E-state index contributed by atoms with van der Waals surface area (Å²) in [5, 5.41) is 3.17. The van der Waals surface area contributed by atoms with E-state index < -0.39 is 0 Å². The monoisotopic (exact) mass is 320 g/mol. The van der Waals surface area contributed by atoms with E-state index in [0.29, 0.717) is 5.56 Å². The quantitative estimate of drug-likeness (QED) is 0.713. The molecule has 1 aromatic carbocycles. The van der Waals surface area contributed by atoms with Gasteiger partial charge < -0.3 is 10.3 Å². The molecule has 0 saturated carbocycles. The van der Waals surface area contributed by atoms with E-state index in [1.807, 2.05) is 37.4 Å². The number of hydrogen-bond donors (Lipinski definition) is 2. The van der Waals surface area contributed by atoms with Crippen LogP contribution in [0.15, 0.2) is 36.5 Å². The van der Waals surface area contributed by atoms with Gasteiger partial charge in [-0.3, -0.25) is 9.78 Å². The van der Waals surface area contributed by atoms with E-state index in [4.69, 9.17) is 0 Å². The van der Waals surface area contributed by atoms with E-state index >= 15 is 0 Å². The molecule has 2 N–H and O–H groups in total. The number of carbonyl (C=O) groups excluding carboxylic acids is 1. The minimum absolute atomic E-state index is 0.0338. The van der Waals surface area contributed by atoms with E-state index in [2.05, 4.69) is 26.3 Å². The lowest BCUT2D eigenvalue weighted by Crippen LogP contribution is -2.36. The highest BCUT2D eigenvalue weighted by Gasteiger charge is 2.20. The lowest BCUT2D eigenvalue weighted by atomic mass is 10.1. The zero-order chi connectivity index (χ0) is 16.5. The maximum Gasteiger partial charge on any atom is 0.251 e. The minimum atomic E-state index is -0.0338. The van der Waals surface area contributed by atoms with Gasteiger partial charge in [-0.15, -0.1) is 0 Å². The predicted molar refractivity (Wildman–Crippen MR) is 93.0 cm³/mol. The molecule has 0 saturated heterocycles. The van der Waals surface area contributed by atoms with Crippen LogP contribution in [0.25, 0.3) is 11.0 Å². The molecule has 2 heterocycles. The maximum atomic E-state index is 12.6. The van der Waals surface area contributed by atoms with Gasteiger partial charge in [-0.05, 0) is 56.0 Å². The van der Waals surface area contributed by atoms with Gasteiger partial charge in [-0.25, -0.2) is 4.98 Å². The summed E-state index contributed by atoms with van der Waals surface area (Å²) in [6, 6.07) is 9.85. The fraction of sp³-hybridized carbons (Fsp3) is 0.316. The van der Waals surface area contributed by atoms with Gasteiger partial charge in [-0.1, -0.05) is 6.07 Å². The first-order valence-corrected chi connectivity index (χ1v) is 8.39. The van der Waals surface area contributed by atoms with Crippen LogP contribution in [0, 0.1) is 6.92 Å². The number of amides is 1. The Hall–Kier alpha value is -2.69. The number of aromatic amines is 1. The van der Waals surface area contributed by atoms with Gasteiger partial charge in [0.15, 0.2) is 0 Å². The van der Waals surface area contributed by atoms with Crippen molar-refractivity contribution in [3.63, 3.8) is 0 Å². The highest BCUT2D eigenvalue weighted by Crippen LogP contribution is 2.19. The van der Waals surface area contributed by atoms with Crippen molar-refractivity contribution in [1.29, 1.82) is 0 Å². The number of aryl methyl sites for hydroxylation is 2. The molecule has 0 fully saturated rings. The van der Waals surface area contributed by atoms with Gasteiger partial charge in [0, 0.05) is 29.9 Å². The molecule has 122 valence electrons. The molecule has 24 heavy (non-hydrogen) atoms. The molecule has 0 radical (unpaired) electrons. The first-order chi connectivity index (χ1) is 11.7. The van der Waals surface area contributed by atoms with Crippen LogP contribution in [-0.4, -0.2) is 26.9 Å². The fourth-order valence-electron chi connectivity index (χ4n) is 3.43. The van der Waals surface area contributed by atoms with Crippen molar-refractivity contribution in [2.45, 2.75) is 38.6 Å². The molecule has 0 aliphatic heterocycles. The third-order valence-electron chi connectivity index (χ3n) is 4.62. The Kier molecular flexibility index (Phi) is 3.76. The van der Waals surface area contributed by atoms with Gasteiger partial charge in [0.2, 0.25) is 0 Å². The number of nitrogens with zero attached hydrogens (tertiary/aromatic N) is 2. The highest BCUT2D eigenvalue weighted by atomic mass is 16.1. The topological polar surface area (TPSA) is 70.7 Å². The van der Waals surface area contributed by atoms with E-state index in [1.54, 1.807) is 0 Å². The molecule has 4 rings (SSSR count). The second-order valence-electron chi connectivity index (χ2n) is 6.43. The van der Waals surface area contributed by atoms with Crippen LogP contribution in [0.4, 0.5) is 0 Å². The van der Waals surface area contributed by atoms with E-state index in [-0.39, 0.29) is 11.9 Å².